The van der Waals surface area contributed by atoms with Crippen LogP contribution in [0, 0.1) is 0 Å². The summed E-state index contributed by atoms with van der Waals surface area (Å²) >= 11 is 15.0. The quantitative estimate of drug-likeness (QED) is 0.206. The number of amides is 1. The molecule has 1 saturated carbocycles. The Labute approximate surface area is 223 Å². The highest BCUT2D eigenvalue weighted by atomic mass is 35.5. The lowest BCUT2D eigenvalue weighted by molar-refractivity contribution is -0.113. The molecule has 2 heterocycles. The van der Waals surface area contributed by atoms with E-state index in [0.29, 0.717) is 26.1 Å². The van der Waals surface area contributed by atoms with E-state index >= 15 is 0 Å². The second-order valence-corrected chi connectivity index (χ2v) is 11.8. The van der Waals surface area contributed by atoms with Gasteiger partial charge in [0, 0.05) is 16.9 Å². The van der Waals surface area contributed by atoms with Gasteiger partial charge in [-0.15, -0.1) is 11.8 Å². The normalized spacial score (nSPS) is 18.7. The lowest BCUT2D eigenvalue weighted by Gasteiger charge is -2.24. The summed E-state index contributed by atoms with van der Waals surface area (Å²) < 4.78 is 1.69. The van der Waals surface area contributed by atoms with Crippen LogP contribution in [0.5, 0.6) is 0 Å². The molecule has 3 aromatic rings. The Bertz CT molecular complexity index is 1330. The smallest absolute Gasteiger partial charge is 0.263 e. The first-order chi connectivity index (χ1) is 16.9. The molecule has 1 aromatic heterocycles. The van der Waals surface area contributed by atoms with Crippen LogP contribution in [0.4, 0.5) is 5.69 Å². The molecular formula is C26H25Cl2N3O2S2. The number of hydrogen-bond donors (Lipinski definition) is 1. The first kappa shape index (κ1) is 24.8. The van der Waals surface area contributed by atoms with Crippen molar-refractivity contribution in [2.75, 3.05) is 11.1 Å². The fourth-order valence-electron chi connectivity index (χ4n) is 4.72. The summed E-state index contributed by atoms with van der Waals surface area (Å²) in [5, 5.41) is 5.44. The van der Waals surface area contributed by atoms with Gasteiger partial charge in [0.25, 0.3) is 5.56 Å². The van der Waals surface area contributed by atoms with Gasteiger partial charge in [-0.3, -0.25) is 14.2 Å². The molecule has 2 aromatic carbocycles. The van der Waals surface area contributed by atoms with Crippen molar-refractivity contribution >= 4 is 58.3 Å². The van der Waals surface area contributed by atoms with E-state index in [1.54, 1.807) is 34.5 Å². The molecular weight excluding hydrogens is 521 g/mol. The third kappa shape index (κ3) is 5.15. The number of nitrogens with one attached hydrogen (secondary N) is 1. The van der Waals surface area contributed by atoms with Crippen LogP contribution in [0.3, 0.4) is 0 Å². The average Bonchev–Trinajstić information content (AvgIpc) is 3.24. The zero-order valence-corrected chi connectivity index (χ0v) is 22.4. The highest BCUT2D eigenvalue weighted by Gasteiger charge is 2.39. The summed E-state index contributed by atoms with van der Waals surface area (Å²) in [6, 6.07) is 13.0. The Morgan fingerprint density at radius 3 is 2.66 bits per heavy atom. The molecule has 35 heavy (non-hydrogen) atoms. The van der Waals surface area contributed by atoms with Gasteiger partial charge in [-0.1, -0.05) is 66.9 Å². The van der Waals surface area contributed by atoms with E-state index in [1.807, 2.05) is 24.3 Å². The maximum atomic E-state index is 13.9. The van der Waals surface area contributed by atoms with Crippen LogP contribution in [0.25, 0.3) is 5.69 Å². The molecule has 0 bridgehead atoms. The van der Waals surface area contributed by atoms with Crippen LogP contribution in [0.1, 0.15) is 49.7 Å². The molecule has 9 heteroatoms. The average molecular weight is 547 g/mol. The summed E-state index contributed by atoms with van der Waals surface area (Å²) in [6.07, 6.45) is 5.43. The van der Waals surface area contributed by atoms with E-state index in [1.165, 1.54) is 23.7 Å². The van der Waals surface area contributed by atoms with Gasteiger partial charge < -0.3 is 5.32 Å². The van der Waals surface area contributed by atoms with Crippen LogP contribution in [-0.4, -0.2) is 26.5 Å². The Kier molecular flexibility index (Phi) is 7.49. The molecule has 1 amide bonds. The van der Waals surface area contributed by atoms with Crippen LogP contribution in [-0.2, 0) is 11.2 Å². The fraction of sp³-hybridized carbons (Fsp3) is 0.346. The Morgan fingerprint density at radius 1 is 1.14 bits per heavy atom. The SMILES string of the molecule is CCc1ccc(-n2c(SCC(=O)Nc3ccc(Cl)c(Cl)c3)nc3c(c2=O)C2CCCCC2S3)cc1. The molecule has 1 fully saturated rings. The van der Waals surface area contributed by atoms with Gasteiger partial charge in [0.1, 0.15) is 5.03 Å². The monoisotopic (exact) mass is 545 g/mol. The van der Waals surface area contributed by atoms with E-state index < -0.39 is 0 Å². The molecule has 2 aliphatic rings. The number of thioether (sulfide) groups is 2. The number of carbonyl (C=O) groups is 1. The molecule has 5 nitrogen and oxygen atoms in total. The topological polar surface area (TPSA) is 64.0 Å². The number of fused-ring (bicyclic) bond motifs is 3. The number of rotatable bonds is 6. The van der Waals surface area contributed by atoms with Gasteiger partial charge in [0.05, 0.1) is 27.0 Å². The zero-order chi connectivity index (χ0) is 24.5. The predicted molar refractivity (Wildman–Crippen MR) is 146 cm³/mol. The number of anilines is 1. The fourth-order valence-corrected chi connectivity index (χ4v) is 7.39. The number of hydrogen-bond acceptors (Lipinski definition) is 5. The lowest BCUT2D eigenvalue weighted by atomic mass is 9.85. The van der Waals surface area contributed by atoms with Crippen molar-refractivity contribution in [2.24, 2.45) is 0 Å². The van der Waals surface area contributed by atoms with Crippen molar-refractivity contribution in [1.29, 1.82) is 0 Å². The summed E-state index contributed by atoms with van der Waals surface area (Å²) in [5.41, 5.74) is 3.39. The molecule has 1 N–H and O–H groups in total. The third-order valence-corrected chi connectivity index (χ3v) is 9.61. The Hall–Kier alpha value is -1.93. The van der Waals surface area contributed by atoms with Crippen LogP contribution < -0.4 is 10.9 Å². The first-order valence-electron chi connectivity index (χ1n) is 11.7. The summed E-state index contributed by atoms with van der Waals surface area (Å²) in [6.45, 7) is 2.10. The minimum Gasteiger partial charge on any atom is -0.325 e. The first-order valence-corrected chi connectivity index (χ1v) is 14.4. The van der Waals surface area contributed by atoms with Crippen molar-refractivity contribution < 1.29 is 4.79 Å². The number of halogens is 2. The number of benzene rings is 2. The second-order valence-electron chi connectivity index (χ2n) is 8.79. The predicted octanol–water partition coefficient (Wildman–Crippen LogP) is 6.96. The van der Waals surface area contributed by atoms with Gasteiger partial charge in [0.2, 0.25) is 5.91 Å². The van der Waals surface area contributed by atoms with Gasteiger partial charge in [-0.05, 0) is 55.2 Å². The summed E-state index contributed by atoms with van der Waals surface area (Å²) in [7, 11) is 0. The van der Waals surface area contributed by atoms with Crippen molar-refractivity contribution in [3.63, 3.8) is 0 Å². The summed E-state index contributed by atoms with van der Waals surface area (Å²) in [4.78, 5) is 31.5. The van der Waals surface area contributed by atoms with Crippen molar-refractivity contribution in [3.8, 4) is 5.69 Å². The second kappa shape index (κ2) is 10.6. The molecule has 5 rings (SSSR count). The molecule has 0 saturated heterocycles. The Morgan fingerprint density at radius 2 is 1.91 bits per heavy atom. The van der Waals surface area contributed by atoms with E-state index in [9.17, 15) is 9.59 Å². The minimum absolute atomic E-state index is 0.00598. The van der Waals surface area contributed by atoms with Crippen molar-refractivity contribution in [2.45, 2.75) is 60.4 Å². The lowest BCUT2D eigenvalue weighted by Crippen LogP contribution is -2.29. The molecule has 1 aliphatic carbocycles. The molecule has 1 aliphatic heterocycles. The van der Waals surface area contributed by atoms with Gasteiger partial charge in [0.15, 0.2) is 5.16 Å². The highest BCUT2D eigenvalue weighted by molar-refractivity contribution is 8.00. The number of nitrogens with zero attached hydrogens (tertiary/aromatic N) is 2. The molecule has 0 radical (unpaired) electrons. The molecule has 182 valence electrons. The molecule has 2 unspecified atom stereocenters. The minimum atomic E-state index is -0.211. The van der Waals surface area contributed by atoms with E-state index in [2.05, 4.69) is 12.2 Å². The standard InChI is InChI=1S/C26H25Cl2N3O2S2/c1-2-15-7-10-17(11-8-15)31-25(33)23-18-5-3-4-6-21(18)35-24(23)30-26(31)34-14-22(32)29-16-9-12-19(27)20(28)13-16/h7-13,18,21H,2-6,14H2,1H3,(H,29,32). The number of aromatic nitrogens is 2. The van der Waals surface area contributed by atoms with Gasteiger partial charge in [-0.25, -0.2) is 4.98 Å². The largest absolute Gasteiger partial charge is 0.325 e. The summed E-state index contributed by atoms with van der Waals surface area (Å²) in [5.74, 6) is 0.162. The maximum Gasteiger partial charge on any atom is 0.263 e. The third-order valence-electron chi connectivity index (χ3n) is 6.53. The van der Waals surface area contributed by atoms with Crippen LogP contribution in [0.2, 0.25) is 10.0 Å². The van der Waals surface area contributed by atoms with E-state index in [-0.39, 0.29) is 23.1 Å². The van der Waals surface area contributed by atoms with Gasteiger partial charge in [-0.2, -0.15) is 0 Å². The zero-order valence-electron chi connectivity index (χ0n) is 19.2. The van der Waals surface area contributed by atoms with Crippen LogP contribution >= 0.6 is 46.7 Å². The molecule has 0 spiro atoms. The molecule has 2 atom stereocenters. The Balaban J connectivity index is 1.46. The number of carbonyl (C=O) groups excluding carboxylic acids is 1. The number of aryl methyl sites for hydroxylation is 1. The maximum absolute atomic E-state index is 13.9. The van der Waals surface area contributed by atoms with Crippen molar-refractivity contribution in [1.82, 2.24) is 9.55 Å². The van der Waals surface area contributed by atoms with E-state index in [4.69, 9.17) is 28.2 Å². The van der Waals surface area contributed by atoms with Gasteiger partial charge >= 0.3 is 0 Å². The van der Waals surface area contributed by atoms with Crippen LogP contribution in [0.15, 0.2) is 57.4 Å². The highest BCUT2D eigenvalue weighted by Crippen LogP contribution is 2.50. The van der Waals surface area contributed by atoms with E-state index in [0.717, 1.165) is 42.0 Å². The van der Waals surface area contributed by atoms with Crippen molar-refractivity contribution in [3.05, 3.63) is 74.0 Å².